The monoisotopic (exact) mass is 403 g/mol. The van der Waals surface area contributed by atoms with Crippen LogP contribution in [0.15, 0.2) is 56.8 Å². The number of phenolic OH excluding ortho intramolecular Hbond substituents is 1. The normalized spacial score (nSPS) is 15.7. The number of amides is 1. The number of hydrogen-bond acceptors (Lipinski definition) is 4. The van der Waals surface area contributed by atoms with Crippen LogP contribution in [0.1, 0.15) is 18.1 Å². The van der Waals surface area contributed by atoms with Crippen LogP contribution in [-0.4, -0.2) is 22.7 Å². The molecule has 0 unspecified atom stereocenters. The third-order valence-electron chi connectivity index (χ3n) is 3.30. The van der Waals surface area contributed by atoms with Crippen LogP contribution in [0.2, 0.25) is 0 Å². The number of ether oxygens (including phenoxy) is 1. The van der Waals surface area contributed by atoms with Crippen molar-refractivity contribution in [3.8, 4) is 11.5 Å². The first-order valence-electron chi connectivity index (χ1n) is 7.31. The zero-order valence-electron chi connectivity index (χ0n) is 12.8. The number of carbonyl (C=O) groups is 1. The summed E-state index contributed by atoms with van der Waals surface area (Å²) in [6.07, 6.45) is 1.63. The molecule has 0 bridgehead atoms. The van der Waals surface area contributed by atoms with E-state index in [0.717, 1.165) is 10.0 Å². The first kappa shape index (κ1) is 16.8. The summed E-state index contributed by atoms with van der Waals surface area (Å²) in [5, 5.41) is 11.0. The van der Waals surface area contributed by atoms with Gasteiger partial charge in [0.05, 0.1) is 11.5 Å². The van der Waals surface area contributed by atoms with Crippen molar-refractivity contribution in [3.63, 3.8) is 0 Å². The molecule has 2 aromatic rings. The van der Waals surface area contributed by atoms with Crippen molar-refractivity contribution in [3.05, 3.63) is 63.0 Å². The van der Waals surface area contributed by atoms with Crippen molar-refractivity contribution in [2.45, 2.75) is 6.92 Å². The van der Waals surface area contributed by atoms with E-state index in [-0.39, 0.29) is 11.7 Å². The molecule has 0 fully saturated rings. The number of aliphatic imine (C=N–C) groups is 1. The number of hydrogen-bond donors (Lipinski definition) is 1. The van der Waals surface area contributed by atoms with E-state index < -0.39 is 0 Å². The van der Waals surface area contributed by atoms with Crippen molar-refractivity contribution in [2.75, 3.05) is 6.61 Å². The van der Waals surface area contributed by atoms with Gasteiger partial charge in [0.25, 0.3) is 5.91 Å². The maximum Gasteiger partial charge on any atom is 0.284 e. The molecule has 0 spiro atoms. The van der Waals surface area contributed by atoms with E-state index in [1.807, 2.05) is 37.3 Å². The van der Waals surface area contributed by atoms with Crippen LogP contribution in [0, 0.1) is 0 Å². The SMILES string of the molecule is CCOc1cc(Br)cc(C=C2SC(c3ccccc3)=NC2=O)c1O. The smallest absolute Gasteiger partial charge is 0.284 e. The highest BCUT2D eigenvalue weighted by Gasteiger charge is 2.23. The number of thioether (sulfide) groups is 1. The fourth-order valence-corrected chi connectivity index (χ4v) is 3.59. The first-order chi connectivity index (χ1) is 11.6. The summed E-state index contributed by atoms with van der Waals surface area (Å²) in [6, 6.07) is 13.0. The van der Waals surface area contributed by atoms with Gasteiger partial charge in [-0.05, 0) is 25.1 Å². The predicted molar refractivity (Wildman–Crippen MR) is 101 cm³/mol. The van der Waals surface area contributed by atoms with Gasteiger partial charge in [0.1, 0.15) is 5.04 Å². The Morgan fingerprint density at radius 3 is 2.75 bits per heavy atom. The maximum absolute atomic E-state index is 12.2. The van der Waals surface area contributed by atoms with Crippen molar-refractivity contribution in [2.24, 2.45) is 4.99 Å². The van der Waals surface area contributed by atoms with E-state index in [1.165, 1.54) is 11.8 Å². The summed E-state index contributed by atoms with van der Waals surface area (Å²) in [6.45, 7) is 2.28. The van der Waals surface area contributed by atoms with Gasteiger partial charge in [0.2, 0.25) is 0 Å². The molecule has 0 saturated carbocycles. The van der Waals surface area contributed by atoms with Crippen molar-refractivity contribution >= 4 is 44.7 Å². The fraction of sp³-hybridized carbons (Fsp3) is 0.111. The lowest BCUT2D eigenvalue weighted by atomic mass is 10.1. The molecule has 24 heavy (non-hydrogen) atoms. The highest BCUT2D eigenvalue weighted by molar-refractivity contribution is 9.10. The lowest BCUT2D eigenvalue weighted by Gasteiger charge is -2.09. The number of benzene rings is 2. The molecule has 0 atom stereocenters. The van der Waals surface area contributed by atoms with Gasteiger partial charge >= 0.3 is 0 Å². The zero-order valence-corrected chi connectivity index (χ0v) is 15.2. The number of carbonyl (C=O) groups excluding carboxylic acids is 1. The van der Waals surface area contributed by atoms with Crippen molar-refractivity contribution in [1.82, 2.24) is 0 Å². The molecule has 122 valence electrons. The summed E-state index contributed by atoms with van der Waals surface area (Å²) in [4.78, 5) is 16.7. The van der Waals surface area contributed by atoms with Gasteiger partial charge in [0, 0.05) is 15.6 Å². The second-order valence-electron chi connectivity index (χ2n) is 4.97. The first-order valence-corrected chi connectivity index (χ1v) is 8.92. The Bertz CT molecular complexity index is 847. The molecule has 0 aromatic heterocycles. The van der Waals surface area contributed by atoms with E-state index in [9.17, 15) is 9.90 Å². The minimum atomic E-state index is -0.309. The van der Waals surface area contributed by atoms with Crippen molar-refractivity contribution in [1.29, 1.82) is 0 Å². The molecule has 0 radical (unpaired) electrons. The van der Waals surface area contributed by atoms with Gasteiger partial charge in [-0.2, -0.15) is 0 Å². The highest BCUT2D eigenvalue weighted by atomic mass is 79.9. The van der Waals surface area contributed by atoms with Crippen LogP contribution < -0.4 is 4.74 Å². The van der Waals surface area contributed by atoms with Gasteiger partial charge in [-0.1, -0.05) is 58.0 Å². The van der Waals surface area contributed by atoms with Crippen molar-refractivity contribution < 1.29 is 14.6 Å². The quantitative estimate of drug-likeness (QED) is 0.756. The third kappa shape index (κ3) is 3.55. The molecule has 1 amide bonds. The number of nitrogens with zero attached hydrogens (tertiary/aromatic N) is 1. The number of aromatic hydroxyl groups is 1. The van der Waals surface area contributed by atoms with Crippen LogP contribution in [0.25, 0.3) is 6.08 Å². The van der Waals surface area contributed by atoms with Gasteiger partial charge in [-0.15, -0.1) is 0 Å². The number of halogens is 1. The van der Waals surface area contributed by atoms with E-state index in [0.29, 0.717) is 27.9 Å². The zero-order chi connectivity index (χ0) is 17.1. The lowest BCUT2D eigenvalue weighted by molar-refractivity contribution is -0.113. The summed E-state index contributed by atoms with van der Waals surface area (Å²) >= 11 is 4.68. The van der Waals surface area contributed by atoms with E-state index in [1.54, 1.807) is 18.2 Å². The Morgan fingerprint density at radius 2 is 2.04 bits per heavy atom. The molecule has 0 aliphatic carbocycles. The second-order valence-corrected chi connectivity index (χ2v) is 6.92. The van der Waals surface area contributed by atoms with Crippen LogP contribution in [0.5, 0.6) is 11.5 Å². The molecule has 1 aliphatic heterocycles. The second kappa shape index (κ2) is 7.23. The molecule has 1 heterocycles. The average molecular weight is 404 g/mol. The predicted octanol–water partition coefficient (Wildman–Crippen LogP) is 4.61. The third-order valence-corrected chi connectivity index (χ3v) is 4.79. The van der Waals surface area contributed by atoms with Gasteiger partial charge in [-0.3, -0.25) is 4.79 Å². The van der Waals surface area contributed by atoms with Crippen LogP contribution >= 0.6 is 27.7 Å². The molecule has 1 N–H and O–H groups in total. The van der Waals surface area contributed by atoms with E-state index in [4.69, 9.17) is 4.74 Å². The number of phenols is 1. The summed E-state index contributed by atoms with van der Waals surface area (Å²) in [5.74, 6) is 0.0728. The summed E-state index contributed by atoms with van der Waals surface area (Å²) in [5.41, 5.74) is 1.40. The lowest BCUT2D eigenvalue weighted by Crippen LogP contribution is -1.94. The van der Waals surface area contributed by atoms with Crippen LogP contribution in [0.3, 0.4) is 0 Å². The Morgan fingerprint density at radius 1 is 1.29 bits per heavy atom. The average Bonchev–Trinajstić information content (AvgIpc) is 2.94. The van der Waals surface area contributed by atoms with Gasteiger partial charge in [0.15, 0.2) is 11.5 Å². The fourth-order valence-electron chi connectivity index (χ4n) is 2.22. The van der Waals surface area contributed by atoms with E-state index >= 15 is 0 Å². The maximum atomic E-state index is 12.2. The molecule has 4 nitrogen and oxygen atoms in total. The topological polar surface area (TPSA) is 58.9 Å². The molecule has 6 heteroatoms. The highest BCUT2D eigenvalue weighted by Crippen LogP contribution is 2.38. The van der Waals surface area contributed by atoms with Gasteiger partial charge < -0.3 is 9.84 Å². The Kier molecular flexibility index (Phi) is 5.06. The van der Waals surface area contributed by atoms with Gasteiger partial charge in [-0.25, -0.2) is 4.99 Å². The molecule has 1 aliphatic rings. The summed E-state index contributed by atoms with van der Waals surface area (Å²) < 4.78 is 6.17. The summed E-state index contributed by atoms with van der Waals surface area (Å²) in [7, 11) is 0. The Balaban J connectivity index is 1.92. The minimum Gasteiger partial charge on any atom is -0.504 e. The van der Waals surface area contributed by atoms with E-state index in [2.05, 4.69) is 20.9 Å². The molecule has 3 rings (SSSR count). The standard InChI is InChI=1S/C18H14BrNO3S/c1-2-23-14-10-13(19)8-12(16(14)21)9-15-17(22)20-18(24-15)11-6-4-3-5-7-11/h3-10,21H,2H2,1H3. The Hall–Kier alpha value is -2.05. The number of rotatable bonds is 4. The van der Waals surface area contributed by atoms with Crippen LogP contribution in [-0.2, 0) is 4.79 Å². The van der Waals surface area contributed by atoms with Crippen LogP contribution in [0.4, 0.5) is 0 Å². The molecular weight excluding hydrogens is 390 g/mol. The molecular formula is C18H14BrNO3S. The minimum absolute atomic E-state index is 0.00844. The molecule has 2 aromatic carbocycles. The Labute approximate surface area is 152 Å². The molecule has 0 saturated heterocycles. The largest absolute Gasteiger partial charge is 0.504 e.